The lowest BCUT2D eigenvalue weighted by atomic mass is 10.2. The first-order chi connectivity index (χ1) is 12.1. The number of benzene rings is 1. The van der Waals surface area contributed by atoms with Crippen molar-refractivity contribution in [1.29, 1.82) is 5.26 Å². The summed E-state index contributed by atoms with van der Waals surface area (Å²) in [4.78, 5) is 12.3. The molecule has 3 rings (SSSR count). The van der Waals surface area contributed by atoms with E-state index in [1.54, 1.807) is 54.2 Å². The van der Waals surface area contributed by atoms with Gasteiger partial charge >= 0.3 is 0 Å². The molecule has 1 atom stereocenters. The number of nitrogens with zero attached hydrogens (tertiary/aromatic N) is 4. The molecule has 0 unspecified atom stereocenters. The molecule has 0 fully saturated rings. The predicted molar refractivity (Wildman–Crippen MR) is 93.8 cm³/mol. The quantitative estimate of drug-likeness (QED) is 0.708. The third-order valence-corrected chi connectivity index (χ3v) is 4.64. The molecule has 0 saturated heterocycles. The van der Waals surface area contributed by atoms with Gasteiger partial charge in [-0.1, -0.05) is 11.8 Å². The van der Waals surface area contributed by atoms with Gasteiger partial charge in [0.15, 0.2) is 16.7 Å². The van der Waals surface area contributed by atoms with Crippen LogP contribution in [-0.4, -0.2) is 25.9 Å². The molecule has 2 heterocycles. The highest BCUT2D eigenvalue weighted by atomic mass is 32.2. The van der Waals surface area contributed by atoms with Crippen LogP contribution in [0.1, 0.15) is 12.5 Å². The van der Waals surface area contributed by atoms with Crippen LogP contribution in [0, 0.1) is 11.3 Å². The highest BCUT2D eigenvalue weighted by molar-refractivity contribution is 8.00. The number of furan rings is 1. The van der Waals surface area contributed by atoms with Gasteiger partial charge in [0.25, 0.3) is 0 Å². The lowest BCUT2D eigenvalue weighted by Crippen LogP contribution is -2.22. The number of nitriles is 1. The van der Waals surface area contributed by atoms with Crippen LogP contribution in [0.15, 0.2) is 52.2 Å². The van der Waals surface area contributed by atoms with Crippen molar-refractivity contribution in [2.75, 3.05) is 5.32 Å². The predicted octanol–water partition coefficient (Wildman–Crippen LogP) is 3.07. The number of hydrogen-bond acceptors (Lipinski definition) is 6. The summed E-state index contributed by atoms with van der Waals surface area (Å²) in [6.45, 7) is 1.80. The van der Waals surface area contributed by atoms with E-state index in [1.165, 1.54) is 11.8 Å². The first kappa shape index (κ1) is 16.8. The van der Waals surface area contributed by atoms with Gasteiger partial charge in [-0.05, 0) is 43.3 Å². The Hall–Kier alpha value is -3.05. The van der Waals surface area contributed by atoms with Crippen LogP contribution in [0.4, 0.5) is 5.69 Å². The van der Waals surface area contributed by atoms with Gasteiger partial charge in [0.05, 0.1) is 23.1 Å². The van der Waals surface area contributed by atoms with Gasteiger partial charge in [-0.2, -0.15) is 5.26 Å². The van der Waals surface area contributed by atoms with Crippen molar-refractivity contribution in [2.24, 2.45) is 7.05 Å². The Balaban J connectivity index is 1.66. The maximum Gasteiger partial charge on any atom is 0.237 e. The van der Waals surface area contributed by atoms with Crippen LogP contribution in [0.5, 0.6) is 0 Å². The summed E-state index contributed by atoms with van der Waals surface area (Å²) in [7, 11) is 1.82. The Morgan fingerprint density at radius 2 is 2.08 bits per heavy atom. The van der Waals surface area contributed by atoms with Crippen LogP contribution >= 0.6 is 11.8 Å². The van der Waals surface area contributed by atoms with Gasteiger partial charge in [-0.3, -0.25) is 4.79 Å². The number of carbonyl (C=O) groups excluding carboxylic acids is 1. The molecule has 25 heavy (non-hydrogen) atoms. The minimum absolute atomic E-state index is 0.155. The average Bonchev–Trinajstić information content (AvgIpc) is 3.26. The van der Waals surface area contributed by atoms with Gasteiger partial charge in [0.1, 0.15) is 0 Å². The third-order valence-electron chi connectivity index (χ3n) is 3.51. The Morgan fingerprint density at radius 3 is 2.72 bits per heavy atom. The molecule has 0 radical (unpaired) electrons. The molecular weight excluding hydrogens is 338 g/mol. The minimum atomic E-state index is -0.372. The van der Waals surface area contributed by atoms with Gasteiger partial charge in [0, 0.05) is 12.7 Å². The van der Waals surface area contributed by atoms with E-state index >= 15 is 0 Å². The van der Waals surface area contributed by atoms with Crippen LogP contribution in [0.25, 0.3) is 11.6 Å². The van der Waals surface area contributed by atoms with E-state index in [2.05, 4.69) is 15.5 Å². The van der Waals surface area contributed by atoms with Crippen molar-refractivity contribution < 1.29 is 9.21 Å². The zero-order valence-electron chi connectivity index (χ0n) is 13.6. The number of anilines is 1. The molecule has 1 N–H and O–H groups in total. The highest BCUT2D eigenvalue weighted by Crippen LogP contribution is 2.26. The summed E-state index contributed by atoms with van der Waals surface area (Å²) in [6, 6.07) is 12.3. The molecule has 0 aliphatic heterocycles. The standard InChI is InChI=1S/C17H15N5O2S/c1-11(16(23)19-13-7-5-12(10-18)6-8-13)25-17-21-20-15(22(17)2)14-4-3-9-24-14/h3-9,11H,1-2H3,(H,19,23)/t11-/m1/s1. The molecule has 0 aliphatic rings. The van der Waals surface area contributed by atoms with Crippen LogP contribution in [-0.2, 0) is 11.8 Å². The smallest absolute Gasteiger partial charge is 0.237 e. The summed E-state index contributed by atoms with van der Waals surface area (Å²) >= 11 is 1.31. The number of aromatic nitrogens is 3. The fraction of sp³-hybridized carbons (Fsp3) is 0.176. The molecule has 7 nitrogen and oxygen atoms in total. The van der Waals surface area contributed by atoms with Crippen LogP contribution in [0.3, 0.4) is 0 Å². The molecule has 1 aromatic carbocycles. The van der Waals surface area contributed by atoms with E-state index in [9.17, 15) is 4.79 Å². The maximum absolute atomic E-state index is 12.3. The molecule has 3 aromatic rings. The number of carbonyl (C=O) groups is 1. The summed E-state index contributed by atoms with van der Waals surface area (Å²) in [5, 5.41) is 20.1. The van der Waals surface area contributed by atoms with E-state index in [0.29, 0.717) is 28.0 Å². The Kier molecular flexibility index (Phi) is 4.86. The maximum atomic E-state index is 12.3. The third kappa shape index (κ3) is 3.72. The number of rotatable bonds is 5. The van der Waals surface area contributed by atoms with Gasteiger partial charge in [-0.25, -0.2) is 0 Å². The first-order valence-electron chi connectivity index (χ1n) is 7.49. The number of amides is 1. The average molecular weight is 353 g/mol. The molecule has 0 spiro atoms. The number of thioether (sulfide) groups is 1. The van der Waals surface area contributed by atoms with Gasteiger partial charge in [0.2, 0.25) is 5.91 Å². The van der Waals surface area contributed by atoms with E-state index in [4.69, 9.17) is 9.68 Å². The molecule has 8 heteroatoms. The van der Waals surface area contributed by atoms with Crippen molar-refractivity contribution in [1.82, 2.24) is 14.8 Å². The van der Waals surface area contributed by atoms with E-state index in [1.807, 2.05) is 13.1 Å². The molecule has 1 amide bonds. The zero-order valence-corrected chi connectivity index (χ0v) is 14.4. The second-order valence-electron chi connectivity index (χ2n) is 5.28. The Morgan fingerprint density at radius 1 is 1.32 bits per heavy atom. The van der Waals surface area contributed by atoms with E-state index in [0.717, 1.165) is 0 Å². The monoisotopic (exact) mass is 353 g/mol. The highest BCUT2D eigenvalue weighted by Gasteiger charge is 2.20. The fourth-order valence-electron chi connectivity index (χ4n) is 2.12. The Bertz CT molecular complexity index is 910. The second-order valence-corrected chi connectivity index (χ2v) is 6.59. The minimum Gasteiger partial charge on any atom is -0.461 e. The summed E-state index contributed by atoms with van der Waals surface area (Å²) in [6.07, 6.45) is 1.57. The zero-order chi connectivity index (χ0) is 17.8. The Labute approximate surface area is 148 Å². The van der Waals surface area contributed by atoms with Gasteiger partial charge < -0.3 is 14.3 Å². The van der Waals surface area contributed by atoms with Crippen molar-refractivity contribution in [3.63, 3.8) is 0 Å². The summed E-state index contributed by atoms with van der Waals surface area (Å²) in [5.74, 6) is 1.07. The van der Waals surface area contributed by atoms with Crippen molar-refractivity contribution in [3.8, 4) is 17.7 Å². The SMILES string of the molecule is C[C@@H](Sc1nnc(-c2ccco2)n1C)C(=O)Nc1ccc(C#N)cc1. The molecule has 0 aliphatic carbocycles. The summed E-state index contributed by atoms with van der Waals surface area (Å²) < 4.78 is 7.12. The first-order valence-corrected chi connectivity index (χ1v) is 8.37. The largest absolute Gasteiger partial charge is 0.461 e. The molecule has 2 aromatic heterocycles. The van der Waals surface area contributed by atoms with Crippen molar-refractivity contribution in [2.45, 2.75) is 17.3 Å². The summed E-state index contributed by atoms with van der Waals surface area (Å²) in [5.41, 5.74) is 1.19. The fourth-order valence-corrected chi connectivity index (χ4v) is 2.94. The normalized spacial score (nSPS) is 11.7. The topological polar surface area (TPSA) is 96.7 Å². The molecular formula is C17H15N5O2S. The second kappa shape index (κ2) is 7.23. The number of nitrogens with one attached hydrogen (secondary N) is 1. The molecule has 0 bridgehead atoms. The van der Waals surface area contributed by atoms with Gasteiger partial charge in [-0.15, -0.1) is 10.2 Å². The lowest BCUT2D eigenvalue weighted by Gasteiger charge is -2.11. The van der Waals surface area contributed by atoms with Crippen LogP contribution in [0.2, 0.25) is 0 Å². The lowest BCUT2D eigenvalue weighted by molar-refractivity contribution is -0.115. The van der Waals surface area contributed by atoms with E-state index in [-0.39, 0.29) is 11.2 Å². The molecule has 0 saturated carbocycles. The van der Waals surface area contributed by atoms with Crippen molar-refractivity contribution >= 4 is 23.4 Å². The number of hydrogen-bond donors (Lipinski definition) is 1. The molecule has 126 valence electrons. The van der Waals surface area contributed by atoms with Crippen LogP contribution < -0.4 is 5.32 Å². The van der Waals surface area contributed by atoms with E-state index < -0.39 is 0 Å². The van der Waals surface area contributed by atoms with Crippen molar-refractivity contribution in [3.05, 3.63) is 48.2 Å².